The number of benzene rings is 1. The standard InChI is InChI=1S/C25H34N4O3/c1-25(2,3)32-24(30)29-13-7-12-28(14-15-29)22-11-10-21-19-27(16-17-31-23(21)26-22)18-20-8-5-4-6-9-20/h4-6,8-11H,7,12-19H2,1-3H3. The van der Waals surface area contributed by atoms with Crippen LogP contribution in [-0.4, -0.2) is 65.8 Å². The van der Waals surface area contributed by atoms with Gasteiger partial charge in [-0.3, -0.25) is 4.90 Å². The maximum Gasteiger partial charge on any atom is 0.410 e. The molecule has 1 saturated heterocycles. The highest BCUT2D eigenvalue weighted by Crippen LogP contribution is 2.26. The molecule has 2 aliphatic heterocycles. The molecule has 0 aliphatic carbocycles. The lowest BCUT2D eigenvalue weighted by Gasteiger charge is -2.26. The highest BCUT2D eigenvalue weighted by molar-refractivity contribution is 5.68. The predicted octanol–water partition coefficient (Wildman–Crippen LogP) is 3.92. The van der Waals surface area contributed by atoms with Crippen molar-refractivity contribution in [3.05, 3.63) is 53.6 Å². The van der Waals surface area contributed by atoms with Crippen molar-refractivity contribution in [2.45, 2.75) is 45.9 Å². The van der Waals surface area contributed by atoms with Gasteiger partial charge in [0.05, 0.1) is 0 Å². The minimum absolute atomic E-state index is 0.240. The molecule has 4 rings (SSSR count). The van der Waals surface area contributed by atoms with Gasteiger partial charge < -0.3 is 19.3 Å². The molecule has 0 radical (unpaired) electrons. The number of anilines is 1. The minimum Gasteiger partial charge on any atom is -0.476 e. The number of hydrogen-bond acceptors (Lipinski definition) is 6. The molecule has 0 N–H and O–H groups in total. The number of hydrogen-bond donors (Lipinski definition) is 0. The molecular formula is C25H34N4O3. The maximum absolute atomic E-state index is 12.4. The van der Waals surface area contributed by atoms with Crippen LogP contribution >= 0.6 is 0 Å². The predicted molar refractivity (Wildman–Crippen MR) is 125 cm³/mol. The van der Waals surface area contributed by atoms with Crippen molar-refractivity contribution in [3.63, 3.8) is 0 Å². The van der Waals surface area contributed by atoms with Gasteiger partial charge in [0.15, 0.2) is 0 Å². The van der Waals surface area contributed by atoms with Crippen LogP contribution in [0.4, 0.5) is 10.6 Å². The van der Waals surface area contributed by atoms with Gasteiger partial charge in [0, 0.05) is 51.4 Å². The van der Waals surface area contributed by atoms with E-state index in [0.717, 1.165) is 56.4 Å². The van der Waals surface area contributed by atoms with E-state index in [4.69, 9.17) is 14.5 Å². The molecule has 7 nitrogen and oxygen atoms in total. The Balaban J connectivity index is 1.40. The molecule has 172 valence electrons. The van der Waals surface area contributed by atoms with E-state index in [1.165, 1.54) is 5.56 Å². The summed E-state index contributed by atoms with van der Waals surface area (Å²) in [7, 11) is 0. The van der Waals surface area contributed by atoms with Gasteiger partial charge in [0.1, 0.15) is 18.0 Å². The summed E-state index contributed by atoms with van der Waals surface area (Å²) in [5, 5.41) is 0. The van der Waals surface area contributed by atoms with Crippen LogP contribution in [0.2, 0.25) is 0 Å². The van der Waals surface area contributed by atoms with E-state index in [0.29, 0.717) is 19.7 Å². The number of fused-ring (bicyclic) bond motifs is 1. The lowest BCUT2D eigenvalue weighted by Crippen LogP contribution is -2.39. The molecule has 7 heteroatoms. The van der Waals surface area contributed by atoms with Gasteiger partial charge in [-0.1, -0.05) is 30.3 Å². The number of carbonyl (C=O) groups excluding carboxylic acids is 1. The first-order valence-corrected chi connectivity index (χ1v) is 11.5. The van der Waals surface area contributed by atoms with E-state index >= 15 is 0 Å². The van der Waals surface area contributed by atoms with Crippen molar-refractivity contribution < 1.29 is 14.3 Å². The van der Waals surface area contributed by atoms with E-state index in [2.05, 4.69) is 46.2 Å². The van der Waals surface area contributed by atoms with Gasteiger partial charge >= 0.3 is 6.09 Å². The molecule has 0 saturated carbocycles. The normalized spacial score (nSPS) is 17.7. The Kier molecular flexibility index (Phi) is 6.84. The van der Waals surface area contributed by atoms with Crippen LogP contribution < -0.4 is 9.64 Å². The third kappa shape index (κ3) is 5.91. The van der Waals surface area contributed by atoms with Crippen molar-refractivity contribution in [1.82, 2.24) is 14.8 Å². The quantitative estimate of drug-likeness (QED) is 0.724. The number of ether oxygens (including phenoxy) is 2. The van der Waals surface area contributed by atoms with Crippen LogP contribution in [0.25, 0.3) is 0 Å². The molecule has 0 unspecified atom stereocenters. The molecule has 1 fully saturated rings. The first kappa shape index (κ1) is 22.4. The zero-order chi connectivity index (χ0) is 22.6. The van der Waals surface area contributed by atoms with Gasteiger partial charge in [0.2, 0.25) is 5.88 Å². The smallest absolute Gasteiger partial charge is 0.410 e. The molecule has 2 aromatic rings. The summed E-state index contributed by atoms with van der Waals surface area (Å²) < 4.78 is 11.6. The van der Waals surface area contributed by atoms with E-state index in [9.17, 15) is 4.79 Å². The monoisotopic (exact) mass is 438 g/mol. The van der Waals surface area contributed by atoms with Gasteiger partial charge in [-0.05, 0) is 44.9 Å². The summed E-state index contributed by atoms with van der Waals surface area (Å²) in [4.78, 5) is 23.7. The average molecular weight is 439 g/mol. The molecule has 1 aromatic heterocycles. The summed E-state index contributed by atoms with van der Waals surface area (Å²) >= 11 is 0. The Labute approximate surface area is 190 Å². The molecule has 3 heterocycles. The molecule has 0 atom stereocenters. The zero-order valence-corrected chi connectivity index (χ0v) is 19.4. The zero-order valence-electron chi connectivity index (χ0n) is 19.4. The van der Waals surface area contributed by atoms with Crippen LogP contribution in [0.5, 0.6) is 5.88 Å². The van der Waals surface area contributed by atoms with Crippen LogP contribution in [0.15, 0.2) is 42.5 Å². The summed E-state index contributed by atoms with van der Waals surface area (Å²) in [5.41, 5.74) is 1.94. The second-order valence-corrected chi connectivity index (χ2v) is 9.49. The molecule has 0 spiro atoms. The summed E-state index contributed by atoms with van der Waals surface area (Å²) in [6.07, 6.45) is 0.639. The average Bonchev–Trinajstić information content (AvgIpc) is 3.11. The number of nitrogens with zero attached hydrogens (tertiary/aromatic N) is 4. The van der Waals surface area contributed by atoms with Crippen molar-refractivity contribution in [1.29, 1.82) is 0 Å². The highest BCUT2D eigenvalue weighted by atomic mass is 16.6. The fraction of sp³-hybridized carbons (Fsp3) is 0.520. The van der Waals surface area contributed by atoms with Crippen LogP contribution in [-0.2, 0) is 17.8 Å². The Bertz CT molecular complexity index is 913. The fourth-order valence-corrected chi connectivity index (χ4v) is 4.10. The van der Waals surface area contributed by atoms with Gasteiger partial charge in [-0.2, -0.15) is 4.98 Å². The number of carbonyl (C=O) groups is 1. The van der Waals surface area contributed by atoms with Crippen molar-refractivity contribution in [2.75, 3.05) is 44.2 Å². The number of amides is 1. The SMILES string of the molecule is CC(C)(C)OC(=O)N1CCCN(c2ccc3c(n2)OCCN(Cc2ccccc2)C3)CC1. The largest absolute Gasteiger partial charge is 0.476 e. The number of aromatic nitrogens is 1. The molecule has 1 aromatic carbocycles. The second kappa shape index (κ2) is 9.77. The van der Waals surface area contributed by atoms with E-state index in [-0.39, 0.29) is 6.09 Å². The van der Waals surface area contributed by atoms with Crippen molar-refractivity contribution in [2.24, 2.45) is 0 Å². The first-order valence-electron chi connectivity index (χ1n) is 11.5. The van der Waals surface area contributed by atoms with E-state index in [1.807, 2.05) is 26.8 Å². The van der Waals surface area contributed by atoms with Crippen molar-refractivity contribution >= 4 is 11.9 Å². The molecule has 2 aliphatic rings. The van der Waals surface area contributed by atoms with Crippen LogP contribution in [0, 0.1) is 0 Å². The molecule has 32 heavy (non-hydrogen) atoms. The fourth-order valence-electron chi connectivity index (χ4n) is 4.10. The molecule has 1 amide bonds. The van der Waals surface area contributed by atoms with Gasteiger partial charge in [0.25, 0.3) is 0 Å². The molecule has 0 bridgehead atoms. The summed E-state index contributed by atoms with van der Waals surface area (Å²) in [5.74, 6) is 1.64. The molecular weight excluding hydrogens is 404 g/mol. The summed E-state index contributed by atoms with van der Waals surface area (Å²) in [6.45, 7) is 11.8. The van der Waals surface area contributed by atoms with E-state index < -0.39 is 5.60 Å². The van der Waals surface area contributed by atoms with Gasteiger partial charge in [-0.15, -0.1) is 0 Å². The Morgan fingerprint density at radius 2 is 1.84 bits per heavy atom. The number of pyridine rings is 1. The minimum atomic E-state index is -0.479. The number of rotatable bonds is 3. The van der Waals surface area contributed by atoms with Crippen LogP contribution in [0.1, 0.15) is 38.3 Å². The topological polar surface area (TPSA) is 58.1 Å². The second-order valence-electron chi connectivity index (χ2n) is 9.49. The van der Waals surface area contributed by atoms with Gasteiger partial charge in [-0.25, -0.2) is 4.79 Å². The Hall–Kier alpha value is -2.80. The Morgan fingerprint density at radius 3 is 2.62 bits per heavy atom. The Morgan fingerprint density at radius 1 is 1.03 bits per heavy atom. The van der Waals surface area contributed by atoms with Crippen molar-refractivity contribution in [3.8, 4) is 5.88 Å². The lowest BCUT2D eigenvalue weighted by atomic mass is 10.2. The maximum atomic E-state index is 12.4. The first-order chi connectivity index (χ1) is 15.4. The third-order valence-corrected chi connectivity index (χ3v) is 5.69. The highest BCUT2D eigenvalue weighted by Gasteiger charge is 2.25. The summed E-state index contributed by atoms with van der Waals surface area (Å²) in [6, 6.07) is 14.7. The lowest BCUT2D eigenvalue weighted by molar-refractivity contribution is 0.0263. The third-order valence-electron chi connectivity index (χ3n) is 5.69. The van der Waals surface area contributed by atoms with Crippen LogP contribution in [0.3, 0.4) is 0 Å². The van der Waals surface area contributed by atoms with E-state index in [1.54, 1.807) is 4.90 Å².